The Balaban J connectivity index is 2.05. The molecule has 6 nitrogen and oxygen atoms in total. The Morgan fingerprint density at radius 3 is 2.81 bits per heavy atom. The average molecular weight is 360 g/mol. The Morgan fingerprint density at radius 1 is 1.46 bits per heavy atom. The first-order valence-electron chi connectivity index (χ1n) is 8.90. The number of phenolic OH excluding ortho intramolecular Hbond substituents is 1. The highest BCUT2D eigenvalue weighted by atomic mass is 16.5. The summed E-state index contributed by atoms with van der Waals surface area (Å²) in [6.07, 6.45) is 4.43. The molecule has 140 valence electrons. The smallest absolute Gasteiger partial charge is 0.342 e. The highest BCUT2D eigenvalue weighted by Crippen LogP contribution is 2.49. The molecule has 1 aromatic carbocycles. The number of carbonyl (C=O) groups is 2. The number of fused-ring (bicyclic) bond motifs is 1. The minimum atomic E-state index is -0.808. The van der Waals surface area contributed by atoms with Crippen LogP contribution in [0.25, 0.3) is 0 Å². The van der Waals surface area contributed by atoms with Crippen LogP contribution in [0.1, 0.15) is 65.6 Å². The number of hydrogen-bond acceptors (Lipinski definition) is 5. The highest BCUT2D eigenvalue weighted by Gasteiger charge is 2.36. The van der Waals surface area contributed by atoms with E-state index >= 15 is 0 Å². The normalized spacial score (nSPS) is 19.7. The molecule has 2 unspecified atom stereocenters. The van der Waals surface area contributed by atoms with Gasteiger partial charge in [0.25, 0.3) is 0 Å². The summed E-state index contributed by atoms with van der Waals surface area (Å²) >= 11 is 0. The third-order valence-corrected chi connectivity index (χ3v) is 5.56. The third kappa shape index (κ3) is 2.93. The number of cyclic esters (lactones) is 1. The van der Waals surface area contributed by atoms with E-state index in [-0.39, 0.29) is 36.2 Å². The second-order valence-electron chi connectivity index (χ2n) is 6.94. The molecule has 3 rings (SSSR count). The SMILES string of the molecule is CCC(CC(=O)O)C1=CC(c2c(O)c3c(c(C)c2OC)COC3=O)CC1. The van der Waals surface area contributed by atoms with E-state index < -0.39 is 11.9 Å². The number of ether oxygens (including phenoxy) is 2. The van der Waals surface area contributed by atoms with Crippen LogP contribution in [-0.2, 0) is 16.1 Å². The maximum absolute atomic E-state index is 12.0. The van der Waals surface area contributed by atoms with E-state index in [0.717, 1.165) is 30.4 Å². The van der Waals surface area contributed by atoms with Gasteiger partial charge in [0.1, 0.15) is 23.7 Å². The van der Waals surface area contributed by atoms with Crippen molar-refractivity contribution in [2.45, 2.75) is 52.1 Å². The van der Waals surface area contributed by atoms with Crippen LogP contribution in [0.2, 0.25) is 0 Å². The highest BCUT2D eigenvalue weighted by molar-refractivity contribution is 5.98. The lowest BCUT2D eigenvalue weighted by Crippen LogP contribution is -2.08. The number of allylic oxidation sites excluding steroid dienone is 2. The van der Waals surface area contributed by atoms with E-state index in [1.54, 1.807) is 7.11 Å². The number of carbonyl (C=O) groups excluding carboxylic acids is 1. The zero-order valence-corrected chi connectivity index (χ0v) is 15.3. The summed E-state index contributed by atoms with van der Waals surface area (Å²) in [5, 5.41) is 19.9. The Hall–Kier alpha value is -2.50. The van der Waals surface area contributed by atoms with E-state index in [4.69, 9.17) is 14.6 Å². The van der Waals surface area contributed by atoms with Crippen molar-refractivity contribution in [1.82, 2.24) is 0 Å². The van der Waals surface area contributed by atoms with E-state index in [9.17, 15) is 14.7 Å². The van der Waals surface area contributed by atoms with E-state index in [2.05, 4.69) is 0 Å². The maximum atomic E-state index is 12.0. The largest absolute Gasteiger partial charge is 0.507 e. The molecule has 0 aromatic heterocycles. The molecular formula is C20H24O6. The molecule has 1 aliphatic heterocycles. The van der Waals surface area contributed by atoms with Gasteiger partial charge in [-0.15, -0.1) is 0 Å². The van der Waals surface area contributed by atoms with Gasteiger partial charge >= 0.3 is 11.9 Å². The molecule has 26 heavy (non-hydrogen) atoms. The molecular weight excluding hydrogens is 336 g/mol. The first-order chi connectivity index (χ1) is 12.4. The van der Waals surface area contributed by atoms with Gasteiger partial charge < -0.3 is 19.7 Å². The molecule has 6 heteroatoms. The average Bonchev–Trinajstić information content (AvgIpc) is 3.22. The van der Waals surface area contributed by atoms with Gasteiger partial charge in [0.15, 0.2) is 0 Å². The summed E-state index contributed by atoms with van der Waals surface area (Å²) in [5.41, 5.74) is 3.41. The molecule has 2 atom stereocenters. The topological polar surface area (TPSA) is 93.1 Å². The van der Waals surface area contributed by atoms with Crippen LogP contribution >= 0.6 is 0 Å². The number of methoxy groups -OCH3 is 1. The fourth-order valence-electron chi connectivity index (χ4n) is 4.19. The minimum absolute atomic E-state index is 0.00822. The second-order valence-corrected chi connectivity index (χ2v) is 6.94. The molecule has 0 saturated heterocycles. The van der Waals surface area contributed by atoms with Gasteiger partial charge in [-0.05, 0) is 37.7 Å². The van der Waals surface area contributed by atoms with Gasteiger partial charge in [-0.2, -0.15) is 0 Å². The molecule has 0 amide bonds. The van der Waals surface area contributed by atoms with Crippen molar-refractivity contribution in [3.8, 4) is 11.5 Å². The molecule has 2 N–H and O–H groups in total. The molecule has 2 aliphatic rings. The lowest BCUT2D eigenvalue weighted by molar-refractivity contribution is -0.137. The Morgan fingerprint density at radius 2 is 2.19 bits per heavy atom. The van der Waals surface area contributed by atoms with Crippen LogP contribution in [0.15, 0.2) is 11.6 Å². The van der Waals surface area contributed by atoms with Crippen molar-refractivity contribution in [3.63, 3.8) is 0 Å². The van der Waals surface area contributed by atoms with Crippen molar-refractivity contribution in [2.75, 3.05) is 7.11 Å². The zero-order valence-electron chi connectivity index (χ0n) is 15.3. The first-order valence-corrected chi connectivity index (χ1v) is 8.90. The van der Waals surface area contributed by atoms with Crippen molar-refractivity contribution < 1.29 is 29.3 Å². The van der Waals surface area contributed by atoms with E-state index in [0.29, 0.717) is 16.9 Å². The summed E-state index contributed by atoms with van der Waals surface area (Å²) in [6.45, 7) is 3.99. The number of hydrogen-bond donors (Lipinski definition) is 2. The quantitative estimate of drug-likeness (QED) is 0.594. The van der Waals surface area contributed by atoms with Crippen LogP contribution in [0.4, 0.5) is 0 Å². The molecule has 0 spiro atoms. The standard InChI is InChI=1S/C20H24O6/c1-4-11(8-15(21)22)12-5-6-13(7-12)16-18(23)17-14(9-26-20(17)24)10(2)19(16)25-3/h7,11,13,23H,4-6,8-9H2,1-3H3,(H,21,22). The monoisotopic (exact) mass is 360 g/mol. The molecule has 0 radical (unpaired) electrons. The number of carboxylic acids is 1. The molecule has 0 fully saturated rings. The minimum Gasteiger partial charge on any atom is -0.507 e. The van der Waals surface area contributed by atoms with Crippen molar-refractivity contribution in [1.29, 1.82) is 0 Å². The first kappa shape index (κ1) is 18.3. The van der Waals surface area contributed by atoms with Crippen LogP contribution in [0.5, 0.6) is 11.5 Å². The number of phenols is 1. The number of rotatable bonds is 6. The summed E-state index contributed by atoms with van der Waals surface area (Å²) < 4.78 is 10.7. The van der Waals surface area contributed by atoms with Gasteiger partial charge in [0, 0.05) is 17.0 Å². The predicted molar refractivity (Wildman–Crippen MR) is 94.6 cm³/mol. The van der Waals surface area contributed by atoms with Crippen LogP contribution < -0.4 is 4.74 Å². The summed E-state index contributed by atoms with van der Waals surface area (Å²) in [4.78, 5) is 23.1. The lowest BCUT2D eigenvalue weighted by atomic mass is 9.89. The number of esters is 1. The Bertz CT molecular complexity index is 792. The van der Waals surface area contributed by atoms with Crippen molar-refractivity contribution in [2.24, 2.45) is 5.92 Å². The lowest BCUT2D eigenvalue weighted by Gasteiger charge is -2.19. The second kappa shape index (κ2) is 7.02. The summed E-state index contributed by atoms with van der Waals surface area (Å²) in [6, 6.07) is 0. The Labute approximate surface area is 152 Å². The molecule has 1 heterocycles. The van der Waals surface area contributed by atoms with Gasteiger partial charge in [-0.1, -0.05) is 18.6 Å². The van der Waals surface area contributed by atoms with Gasteiger partial charge in [0.05, 0.1) is 13.5 Å². The Kier molecular flexibility index (Phi) is 4.94. The van der Waals surface area contributed by atoms with Crippen molar-refractivity contribution in [3.05, 3.63) is 33.9 Å². The molecule has 0 saturated carbocycles. The van der Waals surface area contributed by atoms with Gasteiger partial charge in [-0.25, -0.2) is 4.79 Å². The number of aromatic hydroxyl groups is 1. The zero-order chi connectivity index (χ0) is 19.0. The maximum Gasteiger partial charge on any atom is 0.342 e. The number of carboxylic acid groups (broad SMARTS) is 1. The number of aliphatic carboxylic acids is 1. The molecule has 0 bridgehead atoms. The molecule has 1 aromatic rings. The van der Waals surface area contributed by atoms with Gasteiger partial charge in [0.2, 0.25) is 0 Å². The molecule has 1 aliphatic carbocycles. The third-order valence-electron chi connectivity index (χ3n) is 5.56. The summed E-state index contributed by atoms with van der Waals surface area (Å²) in [5.74, 6) is -0.930. The van der Waals surface area contributed by atoms with E-state index in [1.807, 2.05) is 19.9 Å². The predicted octanol–water partition coefficient (Wildman–Crippen LogP) is 3.68. The van der Waals surface area contributed by atoms with Crippen molar-refractivity contribution >= 4 is 11.9 Å². The fourth-order valence-corrected chi connectivity index (χ4v) is 4.19. The fraction of sp³-hybridized carbons (Fsp3) is 0.500. The van der Waals surface area contributed by atoms with E-state index in [1.165, 1.54) is 0 Å². The van der Waals surface area contributed by atoms with Gasteiger partial charge in [-0.3, -0.25) is 4.79 Å². The number of benzene rings is 1. The van der Waals surface area contributed by atoms with Crippen LogP contribution in [-0.4, -0.2) is 29.3 Å². The van der Waals surface area contributed by atoms with Crippen LogP contribution in [0, 0.1) is 12.8 Å². The van der Waals surface area contributed by atoms with Crippen LogP contribution in [0.3, 0.4) is 0 Å². The summed E-state index contributed by atoms with van der Waals surface area (Å²) in [7, 11) is 1.55.